The van der Waals surface area contributed by atoms with Gasteiger partial charge in [-0.05, 0) is 49.4 Å². The Kier molecular flexibility index (Phi) is 4.86. The van der Waals surface area contributed by atoms with E-state index in [4.69, 9.17) is 9.47 Å². The van der Waals surface area contributed by atoms with E-state index < -0.39 is 0 Å². The molecule has 0 aliphatic carbocycles. The van der Waals surface area contributed by atoms with Crippen LogP contribution in [0.3, 0.4) is 0 Å². The van der Waals surface area contributed by atoms with Crippen LogP contribution < -0.4 is 19.7 Å². The Balaban J connectivity index is 1.41. The van der Waals surface area contributed by atoms with E-state index in [0.29, 0.717) is 39.8 Å². The fourth-order valence-electron chi connectivity index (χ4n) is 2.79. The van der Waals surface area contributed by atoms with Crippen LogP contribution in [0.15, 0.2) is 47.1 Å². The monoisotopic (exact) mass is 394 g/mol. The molecule has 1 aliphatic rings. The van der Waals surface area contributed by atoms with E-state index in [1.54, 1.807) is 56.4 Å². The van der Waals surface area contributed by atoms with Crippen LogP contribution >= 0.6 is 0 Å². The highest BCUT2D eigenvalue weighted by atomic mass is 16.6. The Morgan fingerprint density at radius 3 is 2.72 bits per heavy atom. The van der Waals surface area contributed by atoms with Crippen LogP contribution in [0, 0.1) is 6.92 Å². The van der Waals surface area contributed by atoms with E-state index in [-0.39, 0.29) is 25.0 Å². The van der Waals surface area contributed by atoms with Gasteiger partial charge in [-0.3, -0.25) is 9.59 Å². The number of ether oxygens (including phenoxy) is 2. The van der Waals surface area contributed by atoms with Crippen molar-refractivity contribution in [2.75, 3.05) is 23.9 Å². The molecule has 0 unspecified atom stereocenters. The Morgan fingerprint density at radius 2 is 2.00 bits per heavy atom. The number of nitrogens with one attached hydrogen (secondary N) is 1. The third-order valence-corrected chi connectivity index (χ3v) is 4.54. The molecule has 2 amide bonds. The van der Waals surface area contributed by atoms with E-state index in [1.807, 2.05) is 0 Å². The predicted octanol–water partition coefficient (Wildman–Crippen LogP) is 2.56. The minimum absolute atomic E-state index is 0.0103. The van der Waals surface area contributed by atoms with E-state index in [0.717, 1.165) is 0 Å². The van der Waals surface area contributed by atoms with Gasteiger partial charge >= 0.3 is 0 Å². The normalized spacial score (nSPS) is 12.9. The first-order valence-electron chi connectivity index (χ1n) is 8.87. The number of carbonyl (C=O) groups excluding carboxylic acids is 2. The van der Waals surface area contributed by atoms with E-state index in [2.05, 4.69) is 20.3 Å². The molecule has 2 aromatic carbocycles. The minimum atomic E-state index is -0.279. The molecular weight excluding hydrogens is 376 g/mol. The largest absolute Gasteiger partial charge is 0.487 e. The van der Waals surface area contributed by atoms with Gasteiger partial charge in [0.25, 0.3) is 11.8 Å². The number of rotatable bonds is 5. The maximum Gasteiger partial charge on any atom is 0.264 e. The summed E-state index contributed by atoms with van der Waals surface area (Å²) in [4.78, 5) is 25.8. The molecule has 4 rings (SSSR count). The van der Waals surface area contributed by atoms with Crippen LogP contribution in [0.1, 0.15) is 21.7 Å². The number of amides is 2. The van der Waals surface area contributed by atoms with Gasteiger partial charge < -0.3 is 19.7 Å². The SMILES string of the molecule is Cc1nonc1COc1ccc(C(=O)Nc2ccc3c(c2)N(C)C(=O)CO3)cc1. The minimum Gasteiger partial charge on any atom is -0.487 e. The van der Waals surface area contributed by atoms with Crippen molar-refractivity contribution < 1.29 is 23.7 Å². The highest BCUT2D eigenvalue weighted by Crippen LogP contribution is 2.33. The first-order valence-corrected chi connectivity index (χ1v) is 8.87. The molecule has 0 spiro atoms. The molecule has 0 atom stereocenters. The lowest BCUT2D eigenvalue weighted by Crippen LogP contribution is -2.35. The predicted molar refractivity (Wildman–Crippen MR) is 103 cm³/mol. The zero-order valence-corrected chi connectivity index (χ0v) is 15.8. The summed E-state index contributed by atoms with van der Waals surface area (Å²) >= 11 is 0. The average Bonchev–Trinajstić information content (AvgIpc) is 3.14. The molecule has 9 heteroatoms. The van der Waals surface area contributed by atoms with Gasteiger partial charge in [0.15, 0.2) is 6.61 Å². The number of benzene rings is 2. The van der Waals surface area contributed by atoms with Crippen molar-refractivity contribution in [3.05, 3.63) is 59.4 Å². The van der Waals surface area contributed by atoms with Crippen LogP contribution in [0.2, 0.25) is 0 Å². The number of likely N-dealkylation sites (N-methyl/N-ethyl adjacent to an activating group) is 1. The van der Waals surface area contributed by atoms with Gasteiger partial charge in [-0.2, -0.15) is 0 Å². The van der Waals surface area contributed by atoms with E-state index in [9.17, 15) is 9.59 Å². The second-order valence-electron chi connectivity index (χ2n) is 6.49. The first-order chi connectivity index (χ1) is 14.0. The van der Waals surface area contributed by atoms with Crippen LogP contribution in [-0.2, 0) is 11.4 Å². The lowest BCUT2D eigenvalue weighted by molar-refractivity contribution is -0.120. The summed E-state index contributed by atoms with van der Waals surface area (Å²) < 4.78 is 15.6. The first kappa shape index (κ1) is 18.5. The van der Waals surface area contributed by atoms with Gasteiger partial charge in [0.05, 0.1) is 5.69 Å². The summed E-state index contributed by atoms with van der Waals surface area (Å²) in [7, 11) is 1.67. The number of aromatic nitrogens is 2. The second kappa shape index (κ2) is 7.63. The van der Waals surface area contributed by atoms with Crippen molar-refractivity contribution in [1.29, 1.82) is 0 Å². The summed E-state index contributed by atoms with van der Waals surface area (Å²) in [5.41, 5.74) is 2.93. The Labute approximate surface area is 166 Å². The highest BCUT2D eigenvalue weighted by Gasteiger charge is 2.22. The number of hydrogen-bond acceptors (Lipinski definition) is 7. The summed E-state index contributed by atoms with van der Waals surface area (Å²) in [6, 6.07) is 11.9. The zero-order chi connectivity index (χ0) is 20.4. The summed E-state index contributed by atoms with van der Waals surface area (Å²) in [6.45, 7) is 2.02. The number of hydrogen-bond donors (Lipinski definition) is 1. The van der Waals surface area contributed by atoms with Crippen molar-refractivity contribution in [2.45, 2.75) is 13.5 Å². The molecule has 148 valence electrons. The molecule has 9 nitrogen and oxygen atoms in total. The molecule has 1 aromatic heterocycles. The van der Waals surface area contributed by atoms with Gasteiger partial charge in [-0.15, -0.1) is 0 Å². The molecule has 2 heterocycles. The van der Waals surface area contributed by atoms with Gasteiger partial charge in [0, 0.05) is 18.3 Å². The smallest absolute Gasteiger partial charge is 0.264 e. The number of carbonyl (C=O) groups is 2. The molecule has 0 saturated heterocycles. The molecule has 29 heavy (non-hydrogen) atoms. The quantitative estimate of drug-likeness (QED) is 0.709. The van der Waals surface area contributed by atoms with Gasteiger partial charge in [-0.25, -0.2) is 4.63 Å². The Bertz CT molecular complexity index is 1060. The summed E-state index contributed by atoms with van der Waals surface area (Å²) in [5.74, 6) is 0.770. The lowest BCUT2D eigenvalue weighted by atomic mass is 10.2. The molecule has 0 saturated carbocycles. The molecule has 1 aliphatic heterocycles. The fraction of sp³-hybridized carbons (Fsp3) is 0.200. The van der Waals surface area contributed by atoms with Crippen LogP contribution in [0.5, 0.6) is 11.5 Å². The topological polar surface area (TPSA) is 107 Å². The molecule has 0 fully saturated rings. The number of anilines is 2. The third kappa shape index (κ3) is 3.88. The molecule has 0 bridgehead atoms. The van der Waals surface area contributed by atoms with Gasteiger partial charge in [-0.1, -0.05) is 10.3 Å². The van der Waals surface area contributed by atoms with Crippen molar-refractivity contribution in [2.24, 2.45) is 0 Å². The second-order valence-corrected chi connectivity index (χ2v) is 6.49. The Hall–Kier alpha value is -3.88. The van der Waals surface area contributed by atoms with Gasteiger partial charge in [0.1, 0.15) is 29.5 Å². The number of fused-ring (bicyclic) bond motifs is 1. The van der Waals surface area contributed by atoms with Crippen molar-refractivity contribution in [1.82, 2.24) is 10.3 Å². The van der Waals surface area contributed by atoms with Crippen LogP contribution in [0.4, 0.5) is 11.4 Å². The van der Waals surface area contributed by atoms with Crippen LogP contribution in [-0.4, -0.2) is 35.8 Å². The van der Waals surface area contributed by atoms with Crippen molar-refractivity contribution in [3.8, 4) is 11.5 Å². The molecule has 1 N–H and O–H groups in total. The van der Waals surface area contributed by atoms with Crippen molar-refractivity contribution >= 4 is 23.2 Å². The van der Waals surface area contributed by atoms with E-state index in [1.165, 1.54) is 4.90 Å². The lowest BCUT2D eigenvalue weighted by Gasteiger charge is -2.26. The standard InChI is InChI=1S/C20H18N4O5/c1-12-16(23-29-22-12)10-27-15-6-3-13(4-7-15)20(26)21-14-5-8-18-17(9-14)24(2)19(25)11-28-18/h3-9H,10-11H2,1-2H3,(H,21,26). The number of nitrogens with zero attached hydrogens (tertiary/aromatic N) is 3. The Morgan fingerprint density at radius 1 is 1.21 bits per heavy atom. The molecule has 0 radical (unpaired) electrons. The van der Waals surface area contributed by atoms with Crippen LogP contribution in [0.25, 0.3) is 0 Å². The van der Waals surface area contributed by atoms with Gasteiger partial charge in [0.2, 0.25) is 0 Å². The summed E-state index contributed by atoms with van der Waals surface area (Å²) in [5, 5.41) is 10.3. The zero-order valence-electron chi connectivity index (χ0n) is 15.8. The van der Waals surface area contributed by atoms with E-state index >= 15 is 0 Å². The average molecular weight is 394 g/mol. The fourth-order valence-corrected chi connectivity index (χ4v) is 2.79. The highest BCUT2D eigenvalue weighted by molar-refractivity contribution is 6.05. The maximum atomic E-state index is 12.5. The summed E-state index contributed by atoms with van der Waals surface area (Å²) in [6.07, 6.45) is 0. The van der Waals surface area contributed by atoms with Crippen molar-refractivity contribution in [3.63, 3.8) is 0 Å². The number of aryl methyl sites for hydroxylation is 1. The third-order valence-electron chi connectivity index (χ3n) is 4.54. The maximum absolute atomic E-state index is 12.5. The molecular formula is C20H18N4O5. The molecule has 3 aromatic rings.